The van der Waals surface area contributed by atoms with Crippen LogP contribution in [0.4, 0.5) is 0 Å². The normalized spacial score (nSPS) is 12.5. The third kappa shape index (κ3) is 4.92. The molecule has 0 fully saturated rings. The Hall–Kier alpha value is -0.150. The highest BCUT2D eigenvalue weighted by atomic mass is 35.5. The topological polar surface area (TPSA) is 21.3 Å². The standard InChI is InChI=1S/C12H16Cl3NO/c1-3-16-6-8(2)7-17-12-10(14)4-9(13)5-11(12)15/h4-5,8,16H,3,6-7H2,1-2H3. The molecule has 0 spiro atoms. The van der Waals surface area contributed by atoms with E-state index in [1.54, 1.807) is 12.1 Å². The Bertz CT molecular complexity index is 348. The van der Waals surface area contributed by atoms with Crippen molar-refractivity contribution in [3.63, 3.8) is 0 Å². The van der Waals surface area contributed by atoms with Crippen LogP contribution in [0.2, 0.25) is 15.1 Å². The van der Waals surface area contributed by atoms with E-state index in [4.69, 9.17) is 39.5 Å². The monoisotopic (exact) mass is 295 g/mol. The fourth-order valence-electron chi connectivity index (χ4n) is 1.34. The number of rotatable bonds is 6. The van der Waals surface area contributed by atoms with E-state index in [1.165, 1.54) is 0 Å². The molecule has 0 aliphatic heterocycles. The maximum Gasteiger partial charge on any atom is 0.156 e. The molecular formula is C12H16Cl3NO. The molecule has 0 aliphatic rings. The molecule has 0 amide bonds. The van der Waals surface area contributed by atoms with Crippen molar-refractivity contribution in [1.82, 2.24) is 5.32 Å². The van der Waals surface area contributed by atoms with Gasteiger partial charge in [-0.3, -0.25) is 0 Å². The van der Waals surface area contributed by atoms with Crippen molar-refractivity contribution in [3.05, 3.63) is 27.2 Å². The summed E-state index contributed by atoms with van der Waals surface area (Å²) in [6.07, 6.45) is 0. The van der Waals surface area contributed by atoms with Crippen molar-refractivity contribution in [3.8, 4) is 5.75 Å². The van der Waals surface area contributed by atoms with Gasteiger partial charge in [-0.1, -0.05) is 48.7 Å². The van der Waals surface area contributed by atoms with Crippen LogP contribution in [-0.4, -0.2) is 19.7 Å². The van der Waals surface area contributed by atoms with Gasteiger partial charge < -0.3 is 10.1 Å². The van der Waals surface area contributed by atoms with Crippen molar-refractivity contribution < 1.29 is 4.74 Å². The van der Waals surface area contributed by atoms with Gasteiger partial charge in [0.05, 0.1) is 16.7 Å². The van der Waals surface area contributed by atoms with Crippen molar-refractivity contribution in [2.45, 2.75) is 13.8 Å². The molecule has 0 aliphatic carbocycles. The van der Waals surface area contributed by atoms with Crippen LogP contribution in [0.25, 0.3) is 0 Å². The summed E-state index contributed by atoms with van der Waals surface area (Å²) in [6, 6.07) is 3.25. The first kappa shape index (κ1) is 14.9. The Morgan fingerprint density at radius 3 is 2.35 bits per heavy atom. The molecule has 1 atom stereocenters. The highest BCUT2D eigenvalue weighted by molar-refractivity contribution is 6.40. The highest BCUT2D eigenvalue weighted by Crippen LogP contribution is 2.35. The quantitative estimate of drug-likeness (QED) is 0.846. The lowest BCUT2D eigenvalue weighted by Crippen LogP contribution is -2.24. The van der Waals surface area contributed by atoms with Crippen LogP contribution in [0.3, 0.4) is 0 Å². The van der Waals surface area contributed by atoms with Gasteiger partial charge in [-0.25, -0.2) is 0 Å². The van der Waals surface area contributed by atoms with Gasteiger partial charge in [-0.2, -0.15) is 0 Å². The third-order valence-corrected chi connectivity index (χ3v) is 3.00. The molecular weight excluding hydrogens is 280 g/mol. The first-order chi connectivity index (χ1) is 8.04. The predicted molar refractivity (Wildman–Crippen MR) is 74.7 cm³/mol. The second kappa shape index (κ2) is 7.32. The summed E-state index contributed by atoms with van der Waals surface area (Å²) < 4.78 is 5.62. The van der Waals surface area contributed by atoms with E-state index in [2.05, 4.69) is 19.2 Å². The highest BCUT2D eigenvalue weighted by Gasteiger charge is 2.10. The van der Waals surface area contributed by atoms with E-state index in [9.17, 15) is 0 Å². The van der Waals surface area contributed by atoms with Crippen LogP contribution in [-0.2, 0) is 0 Å². The third-order valence-electron chi connectivity index (χ3n) is 2.22. The molecule has 1 unspecified atom stereocenters. The minimum absolute atomic E-state index is 0.387. The molecule has 1 N–H and O–H groups in total. The minimum atomic E-state index is 0.387. The summed E-state index contributed by atoms with van der Waals surface area (Å²) in [6.45, 7) is 6.58. The average molecular weight is 297 g/mol. The van der Waals surface area contributed by atoms with Gasteiger partial charge in [0.2, 0.25) is 0 Å². The van der Waals surface area contributed by atoms with E-state index in [0.29, 0.717) is 33.3 Å². The molecule has 0 saturated heterocycles. The summed E-state index contributed by atoms with van der Waals surface area (Å²) in [5.41, 5.74) is 0. The molecule has 1 aromatic rings. The Kier molecular flexibility index (Phi) is 6.42. The molecule has 96 valence electrons. The minimum Gasteiger partial charge on any atom is -0.490 e. The summed E-state index contributed by atoms with van der Waals surface area (Å²) in [7, 11) is 0. The van der Waals surface area contributed by atoms with E-state index < -0.39 is 0 Å². The van der Waals surface area contributed by atoms with Crippen LogP contribution >= 0.6 is 34.8 Å². The molecule has 1 rings (SSSR count). The molecule has 0 bridgehead atoms. The Balaban J connectivity index is 2.57. The molecule has 5 heteroatoms. The van der Waals surface area contributed by atoms with Crippen LogP contribution < -0.4 is 10.1 Å². The average Bonchev–Trinajstić information content (AvgIpc) is 2.24. The lowest BCUT2D eigenvalue weighted by atomic mass is 10.2. The number of ether oxygens (including phenoxy) is 1. The lowest BCUT2D eigenvalue weighted by Gasteiger charge is -2.15. The van der Waals surface area contributed by atoms with E-state index in [0.717, 1.165) is 13.1 Å². The maximum absolute atomic E-state index is 6.01. The summed E-state index contributed by atoms with van der Waals surface area (Å²) in [5, 5.41) is 4.65. The fraction of sp³-hybridized carbons (Fsp3) is 0.500. The zero-order valence-electron chi connectivity index (χ0n) is 9.90. The molecule has 0 heterocycles. The number of benzene rings is 1. The van der Waals surface area contributed by atoms with Crippen LogP contribution in [0.15, 0.2) is 12.1 Å². The van der Waals surface area contributed by atoms with Gasteiger partial charge >= 0.3 is 0 Å². The van der Waals surface area contributed by atoms with E-state index in [-0.39, 0.29) is 0 Å². The van der Waals surface area contributed by atoms with Gasteiger partial charge in [0, 0.05) is 17.5 Å². The molecule has 0 radical (unpaired) electrons. The first-order valence-electron chi connectivity index (χ1n) is 5.52. The molecule has 1 aromatic carbocycles. The number of hydrogen-bond donors (Lipinski definition) is 1. The summed E-state index contributed by atoms with van der Waals surface area (Å²) in [5.74, 6) is 0.888. The second-order valence-electron chi connectivity index (χ2n) is 3.92. The van der Waals surface area contributed by atoms with Gasteiger partial charge in [0.15, 0.2) is 5.75 Å². The van der Waals surface area contributed by atoms with Crippen LogP contribution in [0.1, 0.15) is 13.8 Å². The Labute approximate surface area is 117 Å². The zero-order chi connectivity index (χ0) is 12.8. The van der Waals surface area contributed by atoms with E-state index >= 15 is 0 Å². The maximum atomic E-state index is 6.01. The Morgan fingerprint density at radius 1 is 1.24 bits per heavy atom. The van der Waals surface area contributed by atoms with Crippen molar-refractivity contribution in [2.75, 3.05) is 19.7 Å². The smallest absolute Gasteiger partial charge is 0.156 e. The van der Waals surface area contributed by atoms with Crippen molar-refractivity contribution >= 4 is 34.8 Å². The van der Waals surface area contributed by atoms with Gasteiger partial charge in [-0.15, -0.1) is 0 Å². The molecule has 0 aromatic heterocycles. The van der Waals surface area contributed by atoms with Crippen LogP contribution in [0, 0.1) is 5.92 Å². The number of hydrogen-bond acceptors (Lipinski definition) is 2. The fourth-order valence-corrected chi connectivity index (χ4v) is 2.27. The van der Waals surface area contributed by atoms with Gasteiger partial charge in [0.25, 0.3) is 0 Å². The molecule has 2 nitrogen and oxygen atoms in total. The van der Waals surface area contributed by atoms with E-state index in [1.807, 2.05) is 0 Å². The number of halogens is 3. The summed E-state index contributed by atoms with van der Waals surface area (Å²) >= 11 is 17.8. The van der Waals surface area contributed by atoms with Crippen molar-refractivity contribution in [2.24, 2.45) is 5.92 Å². The molecule has 17 heavy (non-hydrogen) atoms. The SMILES string of the molecule is CCNCC(C)COc1c(Cl)cc(Cl)cc1Cl. The first-order valence-corrected chi connectivity index (χ1v) is 6.66. The van der Waals surface area contributed by atoms with Gasteiger partial charge in [0.1, 0.15) is 0 Å². The zero-order valence-corrected chi connectivity index (χ0v) is 12.2. The molecule has 0 saturated carbocycles. The summed E-state index contributed by atoms with van der Waals surface area (Å²) in [4.78, 5) is 0. The lowest BCUT2D eigenvalue weighted by molar-refractivity contribution is 0.257. The van der Waals surface area contributed by atoms with Crippen molar-refractivity contribution in [1.29, 1.82) is 0 Å². The van der Waals surface area contributed by atoms with Gasteiger partial charge in [-0.05, 0) is 18.7 Å². The second-order valence-corrected chi connectivity index (χ2v) is 5.17. The predicted octanol–water partition coefficient (Wildman–Crippen LogP) is 4.27. The number of nitrogens with one attached hydrogen (secondary N) is 1. The Morgan fingerprint density at radius 2 is 1.82 bits per heavy atom. The largest absolute Gasteiger partial charge is 0.490 e. The van der Waals surface area contributed by atoms with Crippen LogP contribution in [0.5, 0.6) is 5.75 Å².